The fourth-order valence-corrected chi connectivity index (χ4v) is 3.39. The Morgan fingerprint density at radius 2 is 1.39 bits per heavy atom. The maximum Gasteiger partial charge on any atom is 0.275 e. The molecule has 3 nitrogen and oxygen atoms in total. The van der Waals surface area contributed by atoms with Crippen LogP contribution in [-0.4, -0.2) is 5.91 Å². The van der Waals surface area contributed by atoms with Crippen molar-refractivity contribution in [2.45, 2.75) is 6.04 Å². The summed E-state index contributed by atoms with van der Waals surface area (Å²) in [4.78, 5) is 14.7. The van der Waals surface area contributed by atoms with E-state index in [0.717, 1.165) is 10.0 Å². The van der Waals surface area contributed by atoms with Crippen molar-refractivity contribution in [3.63, 3.8) is 0 Å². The first-order chi connectivity index (χ1) is 13.5. The zero-order valence-electron chi connectivity index (χ0n) is 14.6. The van der Waals surface area contributed by atoms with Crippen LogP contribution in [-0.2, 0) is 4.79 Å². The molecule has 1 aliphatic heterocycles. The van der Waals surface area contributed by atoms with E-state index in [1.165, 1.54) is 24.3 Å². The number of carbonyl (C=O) groups excluding carboxylic acids is 1. The quantitative estimate of drug-likeness (QED) is 0.554. The highest BCUT2D eigenvalue weighted by Crippen LogP contribution is 2.36. The minimum absolute atomic E-state index is 0.246. The third-order valence-corrected chi connectivity index (χ3v) is 5.02. The van der Waals surface area contributed by atoms with Crippen molar-refractivity contribution in [3.8, 4) is 0 Å². The molecule has 0 saturated carbocycles. The van der Waals surface area contributed by atoms with Crippen molar-refractivity contribution in [1.82, 2.24) is 0 Å². The number of nitrogens with zero attached hydrogens (tertiary/aromatic N) is 1. The number of amides is 1. The number of rotatable bonds is 4. The van der Waals surface area contributed by atoms with Gasteiger partial charge in [-0.05, 0) is 72.3 Å². The Morgan fingerprint density at radius 3 is 2.00 bits per heavy atom. The van der Waals surface area contributed by atoms with Gasteiger partial charge in [0.25, 0.3) is 5.91 Å². The first-order valence-electron chi connectivity index (χ1n) is 8.60. The zero-order valence-corrected chi connectivity index (χ0v) is 16.2. The summed E-state index contributed by atoms with van der Waals surface area (Å²) < 4.78 is 27.5. The van der Waals surface area contributed by atoms with Gasteiger partial charge in [0.2, 0.25) is 0 Å². The number of carbonyl (C=O) groups is 1. The van der Waals surface area contributed by atoms with Crippen LogP contribution in [0.1, 0.15) is 11.6 Å². The summed E-state index contributed by atoms with van der Waals surface area (Å²) in [6, 6.07) is 18.9. The molecule has 0 saturated heterocycles. The minimum atomic E-state index is -0.367. The lowest BCUT2D eigenvalue weighted by Gasteiger charge is -2.25. The Bertz CT molecular complexity index is 1030. The van der Waals surface area contributed by atoms with E-state index in [1.54, 1.807) is 29.2 Å². The molecule has 1 atom stereocenters. The molecule has 0 radical (unpaired) electrons. The second-order valence-corrected chi connectivity index (χ2v) is 7.28. The molecule has 1 heterocycles. The average Bonchev–Trinajstić information content (AvgIpc) is 3.01. The molecule has 0 fully saturated rings. The summed E-state index contributed by atoms with van der Waals surface area (Å²) in [5.74, 6) is -0.963. The van der Waals surface area contributed by atoms with Gasteiger partial charge in [-0.3, -0.25) is 9.69 Å². The van der Waals surface area contributed by atoms with Crippen LogP contribution in [0.2, 0.25) is 0 Å². The van der Waals surface area contributed by atoms with Gasteiger partial charge in [0.1, 0.15) is 17.3 Å². The Labute approximate surface area is 169 Å². The molecular weight excluding hydrogens is 426 g/mol. The maximum atomic E-state index is 13.4. The van der Waals surface area contributed by atoms with E-state index >= 15 is 0 Å². The molecule has 1 aliphatic rings. The lowest BCUT2D eigenvalue weighted by molar-refractivity contribution is -0.114. The lowest BCUT2D eigenvalue weighted by atomic mass is 10.1. The summed E-state index contributed by atoms with van der Waals surface area (Å²) in [6.45, 7) is 0. The summed E-state index contributed by atoms with van der Waals surface area (Å²) in [5.41, 5.74) is 2.49. The molecule has 0 unspecified atom stereocenters. The molecule has 3 aromatic rings. The average molecular weight is 441 g/mol. The monoisotopic (exact) mass is 440 g/mol. The third-order valence-electron chi connectivity index (χ3n) is 4.49. The van der Waals surface area contributed by atoms with Crippen LogP contribution in [0, 0.1) is 11.6 Å². The zero-order chi connectivity index (χ0) is 19.7. The highest BCUT2D eigenvalue weighted by Gasteiger charge is 2.34. The van der Waals surface area contributed by atoms with Gasteiger partial charge in [0.15, 0.2) is 0 Å². The van der Waals surface area contributed by atoms with Crippen LogP contribution in [0.5, 0.6) is 0 Å². The molecule has 1 N–H and O–H groups in total. The second-order valence-electron chi connectivity index (χ2n) is 6.36. The Balaban J connectivity index is 1.72. The molecule has 28 heavy (non-hydrogen) atoms. The number of hydrogen-bond donors (Lipinski definition) is 1. The number of benzene rings is 3. The van der Waals surface area contributed by atoms with Crippen molar-refractivity contribution >= 4 is 33.2 Å². The van der Waals surface area contributed by atoms with Crippen LogP contribution < -0.4 is 10.2 Å². The molecule has 140 valence electrons. The number of nitrogens with one attached hydrogen (secondary N) is 1. The van der Waals surface area contributed by atoms with Crippen molar-refractivity contribution < 1.29 is 13.6 Å². The minimum Gasteiger partial charge on any atom is -0.351 e. The van der Waals surface area contributed by atoms with Crippen LogP contribution in [0.25, 0.3) is 0 Å². The van der Waals surface area contributed by atoms with Gasteiger partial charge in [-0.25, -0.2) is 8.78 Å². The van der Waals surface area contributed by atoms with Gasteiger partial charge in [0.05, 0.1) is 6.04 Å². The van der Waals surface area contributed by atoms with Crippen molar-refractivity contribution in [1.29, 1.82) is 0 Å². The van der Waals surface area contributed by atoms with E-state index < -0.39 is 0 Å². The molecule has 0 spiro atoms. The van der Waals surface area contributed by atoms with Crippen LogP contribution >= 0.6 is 15.9 Å². The lowest BCUT2D eigenvalue weighted by Crippen LogP contribution is -2.30. The van der Waals surface area contributed by atoms with E-state index in [4.69, 9.17) is 0 Å². The molecular formula is C22H15BrF2N2O. The Hall–Kier alpha value is -2.99. The molecule has 6 heteroatoms. The number of halogens is 3. The van der Waals surface area contributed by atoms with Gasteiger partial charge >= 0.3 is 0 Å². The van der Waals surface area contributed by atoms with Gasteiger partial charge in [-0.2, -0.15) is 0 Å². The normalized spacial score (nSPS) is 16.2. The molecule has 1 amide bonds. The van der Waals surface area contributed by atoms with Crippen molar-refractivity contribution in [2.24, 2.45) is 0 Å². The SMILES string of the molecule is O=C1C(Nc2ccc(F)cc2)=C[C@H](c2ccc(Br)cc2)N1c1ccc(F)cc1. The van der Waals surface area contributed by atoms with Crippen molar-refractivity contribution in [3.05, 3.63) is 106 Å². The largest absolute Gasteiger partial charge is 0.351 e. The number of anilines is 2. The Kier molecular flexibility index (Phi) is 4.96. The molecule has 0 aliphatic carbocycles. The summed E-state index contributed by atoms with van der Waals surface area (Å²) in [6.07, 6.45) is 1.82. The van der Waals surface area contributed by atoms with E-state index in [2.05, 4.69) is 21.2 Å². The van der Waals surface area contributed by atoms with Crippen LogP contribution in [0.4, 0.5) is 20.2 Å². The first-order valence-corrected chi connectivity index (χ1v) is 9.39. The highest BCUT2D eigenvalue weighted by molar-refractivity contribution is 9.10. The predicted octanol–water partition coefficient (Wildman–Crippen LogP) is 5.81. The molecule has 3 aromatic carbocycles. The van der Waals surface area contributed by atoms with Gasteiger partial charge in [0, 0.05) is 15.8 Å². The van der Waals surface area contributed by atoms with E-state index in [1.807, 2.05) is 30.3 Å². The molecule has 0 aromatic heterocycles. The highest BCUT2D eigenvalue weighted by atomic mass is 79.9. The summed E-state index contributed by atoms with van der Waals surface area (Å²) >= 11 is 3.42. The third kappa shape index (κ3) is 3.68. The predicted molar refractivity (Wildman–Crippen MR) is 109 cm³/mol. The summed E-state index contributed by atoms with van der Waals surface area (Å²) in [7, 11) is 0. The van der Waals surface area contributed by atoms with Crippen LogP contribution in [0.3, 0.4) is 0 Å². The number of hydrogen-bond acceptors (Lipinski definition) is 2. The molecule has 4 rings (SSSR count). The maximum absolute atomic E-state index is 13.4. The fourth-order valence-electron chi connectivity index (χ4n) is 3.13. The Morgan fingerprint density at radius 1 is 0.821 bits per heavy atom. The summed E-state index contributed by atoms with van der Waals surface area (Å²) in [5, 5.41) is 3.06. The standard InChI is InChI=1S/C22H15BrF2N2O/c23-15-3-1-14(2-4-15)21-13-20(26-18-9-5-16(24)6-10-18)22(28)27(21)19-11-7-17(25)8-12-19/h1-13,21,26H/t21-/m1/s1. The van der Waals surface area contributed by atoms with E-state index in [0.29, 0.717) is 17.1 Å². The topological polar surface area (TPSA) is 32.3 Å². The van der Waals surface area contributed by atoms with Gasteiger partial charge < -0.3 is 5.32 Å². The van der Waals surface area contributed by atoms with Crippen LogP contribution in [0.15, 0.2) is 89.0 Å². The molecule has 0 bridgehead atoms. The smallest absolute Gasteiger partial charge is 0.275 e. The van der Waals surface area contributed by atoms with E-state index in [-0.39, 0.29) is 23.6 Å². The van der Waals surface area contributed by atoms with Gasteiger partial charge in [-0.1, -0.05) is 28.1 Å². The second kappa shape index (κ2) is 7.56. The first kappa shape index (κ1) is 18.4. The fraction of sp³-hybridized carbons (Fsp3) is 0.0455. The van der Waals surface area contributed by atoms with E-state index in [9.17, 15) is 13.6 Å². The van der Waals surface area contributed by atoms with Crippen molar-refractivity contribution in [2.75, 3.05) is 10.2 Å². The van der Waals surface area contributed by atoms with Gasteiger partial charge in [-0.15, -0.1) is 0 Å².